The molecule has 0 heterocycles. The molecule has 0 unspecified atom stereocenters. The molecule has 0 spiro atoms. The van der Waals surface area contributed by atoms with Crippen molar-refractivity contribution in [2.24, 2.45) is 11.8 Å². The van der Waals surface area contributed by atoms with Crippen molar-refractivity contribution in [2.45, 2.75) is 33.2 Å². The van der Waals surface area contributed by atoms with Crippen LogP contribution in [0.4, 0.5) is 0 Å². The zero-order valence-electron chi connectivity index (χ0n) is 15.1. The predicted octanol–water partition coefficient (Wildman–Crippen LogP) is 2.77. The summed E-state index contributed by atoms with van der Waals surface area (Å²) in [6.45, 7) is 4.20. The van der Waals surface area contributed by atoms with Crippen LogP contribution >= 0.6 is 0 Å². The number of amides is 1. The van der Waals surface area contributed by atoms with E-state index in [0.29, 0.717) is 30.9 Å². The van der Waals surface area contributed by atoms with E-state index in [2.05, 4.69) is 5.32 Å². The molecule has 1 aromatic rings. The molecule has 0 aromatic heterocycles. The summed E-state index contributed by atoms with van der Waals surface area (Å²) in [5, 5.41) is 12.3. The van der Waals surface area contributed by atoms with Crippen LogP contribution in [-0.2, 0) is 16.1 Å². The number of rotatable bonds is 6. The third-order valence-electron chi connectivity index (χ3n) is 4.84. The highest BCUT2D eigenvalue weighted by atomic mass is 16.5. The number of nitrogens with one attached hydrogen (secondary N) is 1. The summed E-state index contributed by atoms with van der Waals surface area (Å²) in [6, 6.07) is 5.41. The molecule has 1 amide bonds. The molecule has 2 rings (SSSR count). The third-order valence-corrected chi connectivity index (χ3v) is 4.84. The van der Waals surface area contributed by atoms with E-state index in [9.17, 15) is 14.7 Å². The molecule has 0 aliphatic heterocycles. The molecule has 2 atom stereocenters. The minimum Gasteiger partial charge on any atom is -0.493 e. The molecular formula is C19H25NO5. The van der Waals surface area contributed by atoms with Gasteiger partial charge in [-0.25, -0.2) is 0 Å². The van der Waals surface area contributed by atoms with Gasteiger partial charge in [0, 0.05) is 6.54 Å². The van der Waals surface area contributed by atoms with Crippen LogP contribution in [0.25, 0.3) is 0 Å². The number of carbonyl (C=O) groups is 2. The molecule has 2 N–H and O–H groups in total. The molecule has 0 radical (unpaired) electrons. The number of ether oxygens (including phenoxy) is 2. The first kappa shape index (κ1) is 18.8. The van der Waals surface area contributed by atoms with Crippen molar-refractivity contribution in [3.05, 3.63) is 34.9 Å². The Morgan fingerprint density at radius 2 is 1.68 bits per heavy atom. The van der Waals surface area contributed by atoms with Gasteiger partial charge in [-0.2, -0.15) is 0 Å². The second kappa shape index (κ2) is 8.05. The Balaban J connectivity index is 2.07. The SMILES string of the molecule is COc1ccc(CNC(=O)[C@H]2CC(C)=C(C)C[C@@H]2C(=O)O)cc1OC. The van der Waals surface area contributed by atoms with Crippen LogP contribution < -0.4 is 14.8 Å². The second-order valence-corrected chi connectivity index (χ2v) is 6.43. The number of methoxy groups -OCH3 is 2. The van der Waals surface area contributed by atoms with Crippen LogP contribution in [0, 0.1) is 11.8 Å². The lowest BCUT2D eigenvalue weighted by Gasteiger charge is -2.29. The first-order chi connectivity index (χ1) is 11.9. The zero-order chi connectivity index (χ0) is 18.6. The maximum atomic E-state index is 12.6. The summed E-state index contributed by atoms with van der Waals surface area (Å²) in [6.07, 6.45) is 0.913. The highest BCUT2D eigenvalue weighted by Gasteiger charge is 2.37. The van der Waals surface area contributed by atoms with Gasteiger partial charge in [0.25, 0.3) is 0 Å². The molecule has 1 aliphatic carbocycles. The molecule has 25 heavy (non-hydrogen) atoms. The smallest absolute Gasteiger partial charge is 0.307 e. The van der Waals surface area contributed by atoms with Crippen LogP contribution in [0.2, 0.25) is 0 Å². The monoisotopic (exact) mass is 347 g/mol. The summed E-state index contributed by atoms with van der Waals surface area (Å²) in [5.41, 5.74) is 3.03. The van der Waals surface area contributed by atoms with Gasteiger partial charge in [0.15, 0.2) is 11.5 Å². The van der Waals surface area contributed by atoms with Gasteiger partial charge in [-0.05, 0) is 44.4 Å². The van der Waals surface area contributed by atoms with E-state index in [1.54, 1.807) is 26.4 Å². The van der Waals surface area contributed by atoms with Crippen LogP contribution in [0.15, 0.2) is 29.3 Å². The maximum Gasteiger partial charge on any atom is 0.307 e. The molecule has 6 heteroatoms. The Kier molecular flexibility index (Phi) is 6.07. The molecule has 1 aliphatic rings. The average molecular weight is 347 g/mol. The Morgan fingerprint density at radius 3 is 2.24 bits per heavy atom. The average Bonchev–Trinajstić information content (AvgIpc) is 2.60. The number of allylic oxidation sites excluding steroid dienone is 2. The molecule has 0 saturated carbocycles. The number of hydrogen-bond acceptors (Lipinski definition) is 4. The van der Waals surface area contributed by atoms with Crippen LogP contribution in [-0.4, -0.2) is 31.2 Å². The van der Waals surface area contributed by atoms with Gasteiger partial charge in [-0.15, -0.1) is 0 Å². The van der Waals surface area contributed by atoms with E-state index in [-0.39, 0.29) is 5.91 Å². The maximum absolute atomic E-state index is 12.6. The van der Waals surface area contributed by atoms with E-state index in [1.807, 2.05) is 19.9 Å². The van der Waals surface area contributed by atoms with Crippen molar-refractivity contribution in [1.29, 1.82) is 0 Å². The van der Waals surface area contributed by atoms with Gasteiger partial charge in [-0.3, -0.25) is 9.59 Å². The standard InChI is InChI=1S/C19H25NO5/c1-11-7-14(15(19(22)23)8-12(11)2)18(21)20-10-13-5-6-16(24-3)17(9-13)25-4/h5-6,9,14-15H,7-8,10H2,1-4H3,(H,20,21)(H,22,23)/t14-,15-/m0/s1. The van der Waals surface area contributed by atoms with Gasteiger partial charge in [0.1, 0.15) is 0 Å². The lowest BCUT2D eigenvalue weighted by Crippen LogP contribution is -2.39. The molecule has 136 valence electrons. The number of hydrogen-bond donors (Lipinski definition) is 2. The number of aliphatic carboxylic acids is 1. The van der Waals surface area contributed by atoms with Gasteiger partial charge in [-0.1, -0.05) is 17.2 Å². The fraction of sp³-hybridized carbons (Fsp3) is 0.474. The normalized spacial score (nSPS) is 20.2. The lowest BCUT2D eigenvalue weighted by molar-refractivity contribution is -0.147. The predicted molar refractivity (Wildman–Crippen MR) is 93.6 cm³/mol. The fourth-order valence-corrected chi connectivity index (χ4v) is 3.14. The van der Waals surface area contributed by atoms with E-state index in [0.717, 1.165) is 16.7 Å². The first-order valence-corrected chi connectivity index (χ1v) is 8.24. The number of carboxylic acids is 1. The fourth-order valence-electron chi connectivity index (χ4n) is 3.14. The Hall–Kier alpha value is -2.50. The highest BCUT2D eigenvalue weighted by molar-refractivity contribution is 5.85. The number of carboxylic acid groups (broad SMARTS) is 1. The summed E-state index contributed by atoms with van der Waals surface area (Å²) >= 11 is 0. The molecule has 6 nitrogen and oxygen atoms in total. The summed E-state index contributed by atoms with van der Waals surface area (Å²) < 4.78 is 10.4. The first-order valence-electron chi connectivity index (χ1n) is 8.24. The van der Waals surface area contributed by atoms with Crippen molar-refractivity contribution in [3.63, 3.8) is 0 Å². The van der Waals surface area contributed by atoms with E-state index in [4.69, 9.17) is 9.47 Å². The van der Waals surface area contributed by atoms with E-state index < -0.39 is 17.8 Å². The minimum atomic E-state index is -0.918. The molecule has 0 saturated heterocycles. The van der Waals surface area contributed by atoms with Crippen LogP contribution in [0.1, 0.15) is 32.3 Å². The van der Waals surface area contributed by atoms with Crippen LogP contribution in [0.5, 0.6) is 11.5 Å². The van der Waals surface area contributed by atoms with Gasteiger partial charge < -0.3 is 19.9 Å². The van der Waals surface area contributed by atoms with Crippen molar-refractivity contribution in [2.75, 3.05) is 14.2 Å². The summed E-state index contributed by atoms with van der Waals surface area (Å²) in [7, 11) is 3.11. The molecule has 0 fully saturated rings. The Morgan fingerprint density at radius 1 is 1.08 bits per heavy atom. The van der Waals surface area contributed by atoms with E-state index >= 15 is 0 Å². The molecule has 0 bridgehead atoms. The number of benzene rings is 1. The van der Waals surface area contributed by atoms with Crippen molar-refractivity contribution in [3.8, 4) is 11.5 Å². The third kappa shape index (κ3) is 4.32. The zero-order valence-corrected chi connectivity index (χ0v) is 15.1. The number of carbonyl (C=O) groups excluding carboxylic acids is 1. The molecule has 1 aromatic carbocycles. The second-order valence-electron chi connectivity index (χ2n) is 6.43. The van der Waals surface area contributed by atoms with Crippen molar-refractivity contribution in [1.82, 2.24) is 5.32 Å². The van der Waals surface area contributed by atoms with E-state index in [1.165, 1.54) is 0 Å². The Bertz CT molecular complexity index is 695. The minimum absolute atomic E-state index is 0.228. The van der Waals surface area contributed by atoms with Gasteiger partial charge in [0.2, 0.25) is 5.91 Å². The molecular weight excluding hydrogens is 322 g/mol. The Labute approximate surface area is 147 Å². The van der Waals surface area contributed by atoms with Gasteiger partial charge in [0.05, 0.1) is 26.1 Å². The van der Waals surface area contributed by atoms with Crippen LogP contribution in [0.3, 0.4) is 0 Å². The van der Waals surface area contributed by atoms with Crippen molar-refractivity contribution < 1.29 is 24.2 Å². The summed E-state index contributed by atoms with van der Waals surface area (Å²) in [5.74, 6) is -1.15. The largest absolute Gasteiger partial charge is 0.493 e. The summed E-state index contributed by atoms with van der Waals surface area (Å²) in [4.78, 5) is 24.1. The topological polar surface area (TPSA) is 84.9 Å². The quantitative estimate of drug-likeness (QED) is 0.773. The lowest BCUT2D eigenvalue weighted by atomic mass is 9.76. The van der Waals surface area contributed by atoms with Gasteiger partial charge >= 0.3 is 5.97 Å². The highest BCUT2D eigenvalue weighted by Crippen LogP contribution is 2.34. The van der Waals surface area contributed by atoms with Crippen molar-refractivity contribution >= 4 is 11.9 Å².